The van der Waals surface area contributed by atoms with Crippen LogP contribution in [-0.2, 0) is 9.47 Å². The number of ether oxygens (including phenoxy) is 2. The monoisotopic (exact) mass is 197 g/mol. The minimum Gasteiger partial charge on any atom is -0.496 e. The summed E-state index contributed by atoms with van der Waals surface area (Å²) in [7, 11) is 0. The van der Waals surface area contributed by atoms with Gasteiger partial charge in [0.15, 0.2) is 0 Å². The molecule has 2 unspecified atom stereocenters. The zero-order chi connectivity index (χ0) is 9.80. The number of hydrogen-bond donors (Lipinski definition) is 1. The van der Waals surface area contributed by atoms with Crippen LogP contribution in [0, 0.1) is 0 Å². The van der Waals surface area contributed by atoms with Gasteiger partial charge in [-0.2, -0.15) is 0 Å². The van der Waals surface area contributed by atoms with Gasteiger partial charge in [0.25, 0.3) is 0 Å². The summed E-state index contributed by atoms with van der Waals surface area (Å²) < 4.78 is 11.1. The molecule has 0 aliphatic carbocycles. The van der Waals surface area contributed by atoms with Crippen molar-refractivity contribution in [3.05, 3.63) is 11.8 Å². The molecule has 3 heteroatoms. The summed E-state index contributed by atoms with van der Waals surface area (Å²) in [6.07, 6.45) is 8.00. The summed E-state index contributed by atoms with van der Waals surface area (Å²) in [5.41, 5.74) is 6.04. The van der Waals surface area contributed by atoms with Crippen LogP contribution in [0.25, 0.3) is 0 Å². The van der Waals surface area contributed by atoms with E-state index in [0.717, 1.165) is 38.2 Å². The lowest BCUT2D eigenvalue weighted by Gasteiger charge is -2.25. The first-order valence-corrected chi connectivity index (χ1v) is 5.56. The third-order valence-corrected chi connectivity index (χ3v) is 2.89. The Kier molecular flexibility index (Phi) is 3.43. The smallest absolute Gasteiger partial charge is 0.109 e. The van der Waals surface area contributed by atoms with Gasteiger partial charge in [-0.1, -0.05) is 0 Å². The Morgan fingerprint density at radius 1 is 1.43 bits per heavy atom. The lowest BCUT2D eigenvalue weighted by Crippen LogP contribution is -2.31. The Morgan fingerprint density at radius 2 is 2.36 bits per heavy atom. The van der Waals surface area contributed by atoms with Crippen LogP contribution in [0.15, 0.2) is 11.8 Å². The highest BCUT2D eigenvalue weighted by atomic mass is 16.5. The van der Waals surface area contributed by atoms with Crippen molar-refractivity contribution in [3.8, 4) is 0 Å². The normalized spacial score (nSPS) is 29.5. The van der Waals surface area contributed by atoms with E-state index in [0.29, 0.717) is 6.10 Å². The Hall–Kier alpha value is -0.540. The second-order valence-corrected chi connectivity index (χ2v) is 4.07. The Morgan fingerprint density at radius 3 is 3.00 bits per heavy atom. The fraction of sp³-hybridized carbons (Fsp3) is 0.818. The zero-order valence-corrected chi connectivity index (χ0v) is 8.58. The molecule has 0 aromatic heterocycles. The predicted molar refractivity (Wildman–Crippen MR) is 54.8 cm³/mol. The van der Waals surface area contributed by atoms with E-state index in [9.17, 15) is 0 Å². The van der Waals surface area contributed by atoms with Gasteiger partial charge in [0, 0.05) is 13.0 Å². The standard InChI is InChI=1S/C11H19NO2/c12-10(11-5-3-7-14-11)8-9-4-1-2-6-13-9/h5,9-10H,1-4,6-8,12H2. The molecular weight excluding hydrogens is 178 g/mol. The Bertz CT molecular complexity index is 209. The van der Waals surface area contributed by atoms with E-state index in [4.69, 9.17) is 15.2 Å². The molecule has 80 valence electrons. The zero-order valence-electron chi connectivity index (χ0n) is 8.58. The summed E-state index contributed by atoms with van der Waals surface area (Å²) in [6, 6.07) is 0.0422. The summed E-state index contributed by atoms with van der Waals surface area (Å²) in [6.45, 7) is 1.70. The molecule has 2 aliphatic rings. The number of nitrogens with two attached hydrogens (primary N) is 1. The van der Waals surface area contributed by atoms with Crippen LogP contribution in [0.3, 0.4) is 0 Å². The summed E-state index contributed by atoms with van der Waals surface area (Å²) in [4.78, 5) is 0. The van der Waals surface area contributed by atoms with Crippen LogP contribution >= 0.6 is 0 Å². The Labute approximate surface area is 85.3 Å². The van der Waals surface area contributed by atoms with Gasteiger partial charge in [-0.25, -0.2) is 0 Å². The molecule has 1 saturated heterocycles. The van der Waals surface area contributed by atoms with Gasteiger partial charge in [0.1, 0.15) is 5.76 Å². The van der Waals surface area contributed by atoms with Gasteiger partial charge < -0.3 is 15.2 Å². The van der Waals surface area contributed by atoms with E-state index in [1.54, 1.807) is 0 Å². The molecule has 0 aromatic rings. The molecule has 14 heavy (non-hydrogen) atoms. The summed E-state index contributed by atoms with van der Waals surface area (Å²) in [5.74, 6) is 0.971. The van der Waals surface area contributed by atoms with E-state index in [2.05, 4.69) is 6.08 Å². The van der Waals surface area contributed by atoms with Crippen molar-refractivity contribution in [2.75, 3.05) is 13.2 Å². The van der Waals surface area contributed by atoms with E-state index in [1.165, 1.54) is 12.8 Å². The maximum Gasteiger partial charge on any atom is 0.109 e. The molecule has 1 fully saturated rings. The topological polar surface area (TPSA) is 44.5 Å². The van der Waals surface area contributed by atoms with Gasteiger partial charge in [-0.05, 0) is 31.8 Å². The molecule has 2 atom stereocenters. The fourth-order valence-corrected chi connectivity index (χ4v) is 2.09. The second-order valence-electron chi connectivity index (χ2n) is 4.07. The average Bonchev–Trinajstić information content (AvgIpc) is 2.72. The van der Waals surface area contributed by atoms with E-state index in [-0.39, 0.29) is 6.04 Å². The van der Waals surface area contributed by atoms with Gasteiger partial charge in [0.05, 0.1) is 18.8 Å². The Balaban J connectivity index is 1.77. The third kappa shape index (κ3) is 2.49. The highest BCUT2D eigenvalue weighted by Gasteiger charge is 2.21. The minimum absolute atomic E-state index is 0.0422. The van der Waals surface area contributed by atoms with E-state index in [1.807, 2.05) is 0 Å². The van der Waals surface area contributed by atoms with Crippen LogP contribution in [0.5, 0.6) is 0 Å². The lowest BCUT2D eigenvalue weighted by molar-refractivity contribution is 0.00650. The quantitative estimate of drug-likeness (QED) is 0.747. The van der Waals surface area contributed by atoms with E-state index < -0.39 is 0 Å². The van der Waals surface area contributed by atoms with Crippen LogP contribution in [0.1, 0.15) is 32.1 Å². The molecule has 0 saturated carbocycles. The van der Waals surface area contributed by atoms with Crippen molar-refractivity contribution in [3.63, 3.8) is 0 Å². The average molecular weight is 197 g/mol. The predicted octanol–water partition coefficient (Wildman–Crippen LogP) is 1.58. The fourth-order valence-electron chi connectivity index (χ4n) is 2.09. The van der Waals surface area contributed by atoms with Crippen molar-refractivity contribution in [1.29, 1.82) is 0 Å². The first kappa shape index (κ1) is 9.99. The summed E-state index contributed by atoms with van der Waals surface area (Å²) >= 11 is 0. The first-order chi connectivity index (χ1) is 6.86. The molecule has 0 aromatic carbocycles. The molecule has 0 bridgehead atoms. The second kappa shape index (κ2) is 4.80. The molecule has 2 N–H and O–H groups in total. The van der Waals surface area contributed by atoms with Crippen molar-refractivity contribution >= 4 is 0 Å². The molecule has 0 spiro atoms. The largest absolute Gasteiger partial charge is 0.496 e. The number of hydrogen-bond acceptors (Lipinski definition) is 3. The highest BCUT2D eigenvalue weighted by molar-refractivity contribution is 5.06. The molecule has 3 nitrogen and oxygen atoms in total. The first-order valence-electron chi connectivity index (χ1n) is 5.56. The summed E-state index contributed by atoms with van der Waals surface area (Å²) in [5, 5.41) is 0. The van der Waals surface area contributed by atoms with Crippen LogP contribution in [-0.4, -0.2) is 25.4 Å². The van der Waals surface area contributed by atoms with Crippen LogP contribution in [0.2, 0.25) is 0 Å². The van der Waals surface area contributed by atoms with E-state index >= 15 is 0 Å². The van der Waals surface area contributed by atoms with Gasteiger partial charge in [-0.15, -0.1) is 0 Å². The van der Waals surface area contributed by atoms with Crippen molar-refractivity contribution < 1.29 is 9.47 Å². The molecule has 2 heterocycles. The van der Waals surface area contributed by atoms with Crippen molar-refractivity contribution in [2.45, 2.75) is 44.2 Å². The molecule has 2 aliphatic heterocycles. The lowest BCUT2D eigenvalue weighted by atomic mass is 10.0. The van der Waals surface area contributed by atoms with Gasteiger partial charge in [-0.3, -0.25) is 0 Å². The molecule has 0 amide bonds. The van der Waals surface area contributed by atoms with Crippen LogP contribution in [0.4, 0.5) is 0 Å². The van der Waals surface area contributed by atoms with Gasteiger partial charge in [0.2, 0.25) is 0 Å². The SMILES string of the molecule is NC(CC1CCCCO1)C1=CCCO1. The minimum atomic E-state index is 0.0422. The molecule has 0 radical (unpaired) electrons. The van der Waals surface area contributed by atoms with Crippen molar-refractivity contribution in [2.24, 2.45) is 5.73 Å². The van der Waals surface area contributed by atoms with Gasteiger partial charge >= 0.3 is 0 Å². The number of rotatable bonds is 3. The maximum absolute atomic E-state index is 6.04. The maximum atomic E-state index is 6.04. The van der Waals surface area contributed by atoms with Crippen LogP contribution < -0.4 is 5.73 Å². The molecular formula is C11H19NO2. The molecule has 2 rings (SSSR count). The highest BCUT2D eigenvalue weighted by Crippen LogP contribution is 2.21. The third-order valence-electron chi connectivity index (χ3n) is 2.89. The van der Waals surface area contributed by atoms with Crippen molar-refractivity contribution in [1.82, 2.24) is 0 Å².